The molecule has 0 radical (unpaired) electrons. The van der Waals surface area contributed by atoms with Crippen LogP contribution in [0, 0.1) is 0 Å². The number of benzene rings is 1. The molecule has 0 unspecified atom stereocenters. The lowest BCUT2D eigenvalue weighted by molar-refractivity contribution is -0.146. The lowest BCUT2D eigenvalue weighted by Crippen LogP contribution is -2.32. The third kappa shape index (κ3) is 5.83. The molecule has 26 heavy (non-hydrogen) atoms. The highest BCUT2D eigenvalue weighted by Crippen LogP contribution is 2.33. The second kappa shape index (κ2) is 9.03. The molecular formula is C14H11Cl3N2O5S2. The molecule has 2 N–H and O–H groups in total. The number of amides is 1. The SMILES string of the molecule is O=C(COC(=O)CNS(=O)(=O)c1cccs1)Nc1c(Cl)cc(Cl)cc1Cl. The Hall–Kier alpha value is -1.36. The van der Waals surface area contributed by atoms with Gasteiger partial charge >= 0.3 is 5.97 Å². The molecule has 0 aliphatic carbocycles. The minimum absolute atomic E-state index is 0.0649. The standard InChI is InChI=1S/C14H11Cl3N2O5S2/c15-8-4-9(16)14(10(17)5-8)19-11(20)7-24-12(21)6-18-26(22,23)13-2-1-3-25-13/h1-5,18H,6-7H2,(H,19,20). The van der Waals surface area contributed by atoms with Crippen LogP contribution in [-0.2, 0) is 24.3 Å². The van der Waals surface area contributed by atoms with E-state index in [1.54, 1.807) is 11.4 Å². The number of thiophene rings is 1. The van der Waals surface area contributed by atoms with E-state index < -0.39 is 35.1 Å². The summed E-state index contributed by atoms with van der Waals surface area (Å²) in [5.74, 6) is -1.63. The van der Waals surface area contributed by atoms with Gasteiger partial charge in [0.25, 0.3) is 15.9 Å². The molecule has 0 aliphatic heterocycles. The molecule has 0 aliphatic rings. The van der Waals surface area contributed by atoms with Crippen LogP contribution >= 0.6 is 46.1 Å². The van der Waals surface area contributed by atoms with Gasteiger partial charge in [0.2, 0.25) is 0 Å². The number of anilines is 1. The quantitative estimate of drug-likeness (QED) is 0.622. The number of esters is 1. The van der Waals surface area contributed by atoms with Crippen molar-refractivity contribution in [1.29, 1.82) is 0 Å². The monoisotopic (exact) mass is 456 g/mol. The average molecular weight is 458 g/mol. The number of hydrogen-bond acceptors (Lipinski definition) is 6. The lowest BCUT2D eigenvalue weighted by atomic mass is 10.3. The van der Waals surface area contributed by atoms with Crippen LogP contribution in [0.5, 0.6) is 0 Å². The molecule has 0 fully saturated rings. The van der Waals surface area contributed by atoms with Crippen molar-refractivity contribution in [3.05, 3.63) is 44.7 Å². The van der Waals surface area contributed by atoms with Crippen LogP contribution in [0.3, 0.4) is 0 Å². The van der Waals surface area contributed by atoms with Crippen molar-refractivity contribution < 1.29 is 22.7 Å². The number of halogens is 3. The van der Waals surface area contributed by atoms with Crippen LogP contribution in [0.25, 0.3) is 0 Å². The summed E-state index contributed by atoms with van der Waals surface area (Å²) in [4.78, 5) is 23.4. The van der Waals surface area contributed by atoms with Gasteiger partial charge in [0, 0.05) is 5.02 Å². The second-order valence-corrected chi connectivity index (χ2v) is 8.90. The number of ether oxygens (including phenoxy) is 1. The van der Waals surface area contributed by atoms with Crippen LogP contribution in [-0.4, -0.2) is 33.4 Å². The molecule has 7 nitrogen and oxygen atoms in total. The summed E-state index contributed by atoms with van der Waals surface area (Å²) in [6.45, 7) is -1.26. The van der Waals surface area contributed by atoms with E-state index in [1.165, 1.54) is 18.2 Å². The van der Waals surface area contributed by atoms with Gasteiger partial charge in [-0.05, 0) is 23.6 Å². The summed E-state index contributed by atoms with van der Waals surface area (Å²) in [6.07, 6.45) is 0. The summed E-state index contributed by atoms with van der Waals surface area (Å²) in [7, 11) is -3.79. The van der Waals surface area contributed by atoms with Gasteiger partial charge in [0.1, 0.15) is 10.8 Å². The van der Waals surface area contributed by atoms with E-state index in [4.69, 9.17) is 39.5 Å². The number of nitrogens with one attached hydrogen (secondary N) is 2. The minimum Gasteiger partial charge on any atom is -0.455 e. The number of carbonyl (C=O) groups excluding carboxylic acids is 2. The fourth-order valence-electron chi connectivity index (χ4n) is 1.68. The molecule has 140 valence electrons. The molecule has 1 amide bonds. The second-order valence-electron chi connectivity index (χ2n) is 4.71. The maximum atomic E-state index is 11.9. The van der Waals surface area contributed by atoms with Gasteiger partial charge in [-0.1, -0.05) is 40.9 Å². The first-order valence-electron chi connectivity index (χ1n) is 6.82. The van der Waals surface area contributed by atoms with Crippen molar-refractivity contribution in [2.75, 3.05) is 18.5 Å². The summed E-state index contributed by atoms with van der Waals surface area (Å²) in [5.41, 5.74) is 0.122. The first-order chi connectivity index (χ1) is 12.2. The van der Waals surface area contributed by atoms with Crippen molar-refractivity contribution >= 4 is 73.7 Å². The molecule has 12 heteroatoms. The Morgan fingerprint density at radius 1 is 1.15 bits per heavy atom. The Kier molecular flexibility index (Phi) is 7.27. The largest absolute Gasteiger partial charge is 0.455 e. The van der Waals surface area contributed by atoms with Gasteiger partial charge in [-0.25, -0.2) is 8.42 Å². The number of hydrogen-bond donors (Lipinski definition) is 2. The molecule has 0 spiro atoms. The van der Waals surface area contributed by atoms with E-state index in [1.807, 2.05) is 0 Å². The lowest BCUT2D eigenvalue weighted by Gasteiger charge is -2.10. The van der Waals surface area contributed by atoms with E-state index in [9.17, 15) is 18.0 Å². The summed E-state index contributed by atoms with van der Waals surface area (Å²) in [6, 6.07) is 5.73. The normalized spacial score (nSPS) is 11.2. The number of sulfonamides is 1. The summed E-state index contributed by atoms with van der Waals surface area (Å²) < 4.78 is 30.6. The molecule has 1 aromatic carbocycles. The summed E-state index contributed by atoms with van der Waals surface area (Å²) in [5, 5.41) is 4.49. The number of rotatable bonds is 7. The zero-order chi connectivity index (χ0) is 19.3. The number of carbonyl (C=O) groups is 2. The van der Waals surface area contributed by atoms with Crippen LogP contribution in [0.15, 0.2) is 33.9 Å². The Bertz CT molecular complexity index is 894. The van der Waals surface area contributed by atoms with Crippen LogP contribution in [0.2, 0.25) is 15.1 Å². The molecule has 0 atom stereocenters. The van der Waals surface area contributed by atoms with E-state index >= 15 is 0 Å². The zero-order valence-corrected chi connectivity index (χ0v) is 16.7. The van der Waals surface area contributed by atoms with Crippen molar-refractivity contribution in [3.63, 3.8) is 0 Å². The fourth-order valence-corrected chi connectivity index (χ4v) is 4.59. The van der Waals surface area contributed by atoms with E-state index in [0.29, 0.717) is 5.02 Å². The summed E-state index contributed by atoms with van der Waals surface area (Å²) >= 11 is 18.6. The molecule has 1 aromatic heterocycles. The molecule has 2 aromatic rings. The molecule has 2 rings (SSSR count). The van der Waals surface area contributed by atoms with Gasteiger partial charge < -0.3 is 10.1 Å². The maximum Gasteiger partial charge on any atom is 0.321 e. The van der Waals surface area contributed by atoms with Crippen molar-refractivity contribution in [2.45, 2.75) is 4.21 Å². The van der Waals surface area contributed by atoms with Gasteiger partial charge in [0.15, 0.2) is 6.61 Å². The van der Waals surface area contributed by atoms with Crippen LogP contribution < -0.4 is 10.0 Å². The highest BCUT2D eigenvalue weighted by molar-refractivity contribution is 7.91. The smallest absolute Gasteiger partial charge is 0.321 e. The Morgan fingerprint density at radius 2 is 1.81 bits per heavy atom. The third-order valence-electron chi connectivity index (χ3n) is 2.80. The first-order valence-corrected chi connectivity index (χ1v) is 10.3. The molecule has 0 saturated carbocycles. The van der Waals surface area contributed by atoms with E-state index in [-0.39, 0.29) is 19.9 Å². The van der Waals surface area contributed by atoms with Gasteiger partial charge in [-0.15, -0.1) is 11.3 Å². The van der Waals surface area contributed by atoms with Crippen molar-refractivity contribution in [2.24, 2.45) is 0 Å². The first kappa shape index (κ1) is 20.9. The Balaban J connectivity index is 1.83. The van der Waals surface area contributed by atoms with Crippen LogP contribution in [0.4, 0.5) is 5.69 Å². The van der Waals surface area contributed by atoms with E-state index in [2.05, 4.69) is 10.0 Å². The highest BCUT2D eigenvalue weighted by atomic mass is 35.5. The predicted octanol–water partition coefficient (Wildman–Crippen LogP) is 3.17. The third-order valence-corrected chi connectivity index (χ3v) is 6.42. The van der Waals surface area contributed by atoms with Crippen molar-refractivity contribution in [3.8, 4) is 0 Å². The fraction of sp³-hybridized carbons (Fsp3) is 0.143. The van der Waals surface area contributed by atoms with Crippen LogP contribution in [0.1, 0.15) is 0 Å². The predicted molar refractivity (Wildman–Crippen MR) is 101 cm³/mol. The minimum atomic E-state index is -3.79. The molecule has 1 heterocycles. The maximum absolute atomic E-state index is 11.9. The van der Waals surface area contributed by atoms with Gasteiger partial charge in [-0.3, -0.25) is 9.59 Å². The molecule has 0 bridgehead atoms. The topological polar surface area (TPSA) is 102 Å². The van der Waals surface area contributed by atoms with Gasteiger partial charge in [-0.2, -0.15) is 4.72 Å². The Labute approximate surface area is 168 Å². The highest BCUT2D eigenvalue weighted by Gasteiger charge is 2.18. The zero-order valence-electron chi connectivity index (χ0n) is 12.8. The Morgan fingerprint density at radius 3 is 2.38 bits per heavy atom. The average Bonchev–Trinajstić information content (AvgIpc) is 3.10. The van der Waals surface area contributed by atoms with Gasteiger partial charge in [0.05, 0.1) is 15.7 Å². The molecular weight excluding hydrogens is 447 g/mol. The van der Waals surface area contributed by atoms with E-state index in [0.717, 1.165) is 11.3 Å². The molecule has 0 saturated heterocycles. The van der Waals surface area contributed by atoms with Crippen molar-refractivity contribution in [1.82, 2.24) is 4.72 Å².